The smallest absolute Gasteiger partial charge is 0.322 e. The predicted molar refractivity (Wildman–Crippen MR) is 99.8 cm³/mol. The van der Waals surface area contributed by atoms with E-state index in [-0.39, 0.29) is 6.61 Å². The molecule has 4 nitrogen and oxygen atoms in total. The first kappa shape index (κ1) is 16.5. The first-order chi connectivity index (χ1) is 12.6. The van der Waals surface area contributed by atoms with Crippen LogP contribution in [-0.2, 0) is 15.1 Å². The van der Waals surface area contributed by atoms with Crippen molar-refractivity contribution in [2.75, 3.05) is 6.61 Å². The quantitative estimate of drug-likeness (QED) is 0.743. The largest absolute Gasteiger partial charge is 0.480 e. The number of nitrogens with two attached hydrogens (primary N) is 1. The van der Waals surface area contributed by atoms with Crippen LogP contribution in [0.1, 0.15) is 16.7 Å². The van der Waals surface area contributed by atoms with Crippen molar-refractivity contribution < 1.29 is 14.6 Å². The number of fused-ring (bicyclic) bond motifs is 3. The molecule has 130 valence electrons. The number of benzene rings is 3. The molecule has 0 saturated carbocycles. The van der Waals surface area contributed by atoms with Crippen LogP contribution in [0.25, 0.3) is 11.1 Å². The number of aliphatic carboxylic acids is 1. The average Bonchev–Trinajstić information content (AvgIpc) is 2.98. The van der Waals surface area contributed by atoms with Gasteiger partial charge in [-0.3, -0.25) is 4.79 Å². The van der Waals surface area contributed by atoms with Crippen LogP contribution in [0.5, 0.6) is 0 Å². The Morgan fingerprint density at radius 3 is 1.92 bits per heavy atom. The second kappa shape index (κ2) is 6.41. The molecule has 4 rings (SSSR count). The second-order valence-electron chi connectivity index (χ2n) is 6.39. The first-order valence-corrected chi connectivity index (χ1v) is 8.52. The first-order valence-electron chi connectivity index (χ1n) is 8.52. The number of hydrogen-bond acceptors (Lipinski definition) is 3. The van der Waals surface area contributed by atoms with Crippen molar-refractivity contribution in [1.29, 1.82) is 0 Å². The highest BCUT2D eigenvalue weighted by Crippen LogP contribution is 2.52. The average molecular weight is 345 g/mol. The zero-order valence-electron chi connectivity index (χ0n) is 14.1. The van der Waals surface area contributed by atoms with Gasteiger partial charge in [-0.05, 0) is 16.7 Å². The van der Waals surface area contributed by atoms with E-state index in [0.29, 0.717) is 0 Å². The topological polar surface area (TPSA) is 72.5 Å². The molecule has 3 aromatic carbocycles. The summed E-state index contributed by atoms with van der Waals surface area (Å²) in [5, 5.41) is 9.20. The summed E-state index contributed by atoms with van der Waals surface area (Å²) in [4.78, 5) is 11.2. The monoisotopic (exact) mass is 345 g/mol. The van der Waals surface area contributed by atoms with Crippen LogP contribution in [0.2, 0.25) is 0 Å². The van der Waals surface area contributed by atoms with Gasteiger partial charge in [0.15, 0.2) is 0 Å². The normalized spacial score (nSPS) is 15.1. The standard InChI is InChI=1S/C22H19NO3/c23-20(21(24)25)14-26-22(15-8-2-1-3-9-15)18-12-6-4-10-16(18)17-11-5-7-13-19(17)22/h1-13,20H,14,23H2,(H,24,25)/t20-/m0/s1. The van der Waals surface area contributed by atoms with Gasteiger partial charge in [-0.15, -0.1) is 0 Å². The van der Waals surface area contributed by atoms with Gasteiger partial charge in [0.2, 0.25) is 0 Å². The van der Waals surface area contributed by atoms with Crippen LogP contribution in [0.15, 0.2) is 78.9 Å². The maximum absolute atomic E-state index is 11.2. The highest BCUT2D eigenvalue weighted by Gasteiger charge is 2.46. The SMILES string of the molecule is N[C@@H](COC1(c2ccccc2)c2ccccc2-c2ccccc21)C(=O)O. The molecule has 0 aliphatic heterocycles. The maximum Gasteiger partial charge on any atom is 0.322 e. The van der Waals surface area contributed by atoms with Gasteiger partial charge < -0.3 is 15.6 Å². The Morgan fingerprint density at radius 1 is 0.885 bits per heavy atom. The van der Waals surface area contributed by atoms with Crippen LogP contribution >= 0.6 is 0 Å². The summed E-state index contributed by atoms with van der Waals surface area (Å²) in [5.41, 5.74) is 10.0. The molecule has 0 aromatic heterocycles. The van der Waals surface area contributed by atoms with Crippen molar-refractivity contribution in [3.63, 3.8) is 0 Å². The maximum atomic E-state index is 11.2. The fourth-order valence-corrected chi connectivity index (χ4v) is 3.70. The minimum Gasteiger partial charge on any atom is -0.480 e. The predicted octanol–water partition coefficient (Wildman–Crippen LogP) is 3.39. The van der Waals surface area contributed by atoms with Crippen molar-refractivity contribution >= 4 is 5.97 Å². The summed E-state index contributed by atoms with van der Waals surface area (Å²) < 4.78 is 6.35. The molecule has 0 spiro atoms. The molecule has 0 radical (unpaired) electrons. The van der Waals surface area contributed by atoms with Crippen molar-refractivity contribution in [2.45, 2.75) is 11.6 Å². The van der Waals surface area contributed by atoms with E-state index in [1.54, 1.807) is 0 Å². The lowest BCUT2D eigenvalue weighted by Gasteiger charge is -2.33. The number of rotatable bonds is 5. The number of hydrogen-bond donors (Lipinski definition) is 2. The van der Waals surface area contributed by atoms with Crippen LogP contribution in [0.4, 0.5) is 0 Å². The highest BCUT2D eigenvalue weighted by atomic mass is 16.5. The third-order valence-corrected chi connectivity index (χ3v) is 4.88. The molecule has 0 amide bonds. The molecule has 0 saturated heterocycles. The molecule has 1 aliphatic rings. The van der Waals surface area contributed by atoms with Gasteiger partial charge in [0.1, 0.15) is 11.6 Å². The molecule has 0 bridgehead atoms. The molecule has 4 heteroatoms. The molecule has 0 unspecified atom stereocenters. The fraction of sp³-hybridized carbons (Fsp3) is 0.136. The Balaban J connectivity index is 1.95. The van der Waals surface area contributed by atoms with E-state index < -0.39 is 17.6 Å². The van der Waals surface area contributed by atoms with Gasteiger partial charge in [0.25, 0.3) is 0 Å². The van der Waals surface area contributed by atoms with Crippen LogP contribution in [0.3, 0.4) is 0 Å². The molecule has 3 N–H and O–H groups in total. The molecular weight excluding hydrogens is 326 g/mol. The lowest BCUT2D eigenvalue weighted by atomic mass is 9.84. The van der Waals surface area contributed by atoms with E-state index in [1.165, 1.54) is 0 Å². The van der Waals surface area contributed by atoms with Gasteiger partial charge in [0.05, 0.1) is 6.61 Å². The highest BCUT2D eigenvalue weighted by molar-refractivity contribution is 5.82. The summed E-state index contributed by atoms with van der Waals surface area (Å²) in [5.74, 6) is -1.08. The Kier molecular flexibility index (Phi) is 4.07. The van der Waals surface area contributed by atoms with Gasteiger partial charge in [-0.25, -0.2) is 0 Å². The zero-order valence-corrected chi connectivity index (χ0v) is 14.1. The van der Waals surface area contributed by atoms with Crippen LogP contribution in [-0.4, -0.2) is 23.7 Å². The van der Waals surface area contributed by atoms with Gasteiger partial charge >= 0.3 is 5.97 Å². The molecule has 0 heterocycles. The minimum atomic E-state index is -1.09. The molecular formula is C22H19NO3. The van der Waals surface area contributed by atoms with Gasteiger partial charge in [-0.2, -0.15) is 0 Å². The summed E-state index contributed by atoms with van der Waals surface area (Å²) in [7, 11) is 0. The zero-order chi connectivity index (χ0) is 18.1. The van der Waals surface area contributed by atoms with E-state index in [0.717, 1.165) is 27.8 Å². The van der Waals surface area contributed by atoms with Crippen LogP contribution in [0, 0.1) is 0 Å². The van der Waals surface area contributed by atoms with Gasteiger partial charge in [0, 0.05) is 11.1 Å². The summed E-state index contributed by atoms with van der Waals surface area (Å²) in [6, 6.07) is 25.0. The van der Waals surface area contributed by atoms with Crippen molar-refractivity contribution in [1.82, 2.24) is 0 Å². The molecule has 0 fully saturated rings. The van der Waals surface area contributed by atoms with Crippen molar-refractivity contribution in [3.8, 4) is 11.1 Å². The van der Waals surface area contributed by atoms with E-state index in [1.807, 2.05) is 66.7 Å². The lowest BCUT2D eigenvalue weighted by Crippen LogP contribution is -2.40. The van der Waals surface area contributed by atoms with E-state index in [9.17, 15) is 9.90 Å². The third kappa shape index (κ3) is 2.43. The Labute approximate surface area is 151 Å². The number of carboxylic acid groups (broad SMARTS) is 1. The Hall–Kier alpha value is -2.95. The molecule has 1 atom stereocenters. The lowest BCUT2D eigenvalue weighted by molar-refractivity contribution is -0.141. The summed E-state index contributed by atoms with van der Waals surface area (Å²) in [6.45, 7) is -0.0904. The van der Waals surface area contributed by atoms with Crippen LogP contribution < -0.4 is 5.73 Å². The molecule has 1 aliphatic carbocycles. The Morgan fingerprint density at radius 2 is 1.38 bits per heavy atom. The number of carbonyl (C=O) groups is 1. The number of carboxylic acids is 1. The van der Waals surface area contributed by atoms with E-state index in [2.05, 4.69) is 12.1 Å². The molecule has 3 aromatic rings. The van der Waals surface area contributed by atoms with Crippen molar-refractivity contribution in [3.05, 3.63) is 95.6 Å². The summed E-state index contributed by atoms with van der Waals surface area (Å²) >= 11 is 0. The number of ether oxygens (including phenoxy) is 1. The van der Waals surface area contributed by atoms with Crippen molar-refractivity contribution in [2.24, 2.45) is 5.73 Å². The van der Waals surface area contributed by atoms with E-state index >= 15 is 0 Å². The third-order valence-electron chi connectivity index (χ3n) is 4.88. The fourth-order valence-electron chi connectivity index (χ4n) is 3.70. The minimum absolute atomic E-state index is 0.0904. The van der Waals surface area contributed by atoms with E-state index in [4.69, 9.17) is 10.5 Å². The summed E-state index contributed by atoms with van der Waals surface area (Å²) in [6.07, 6.45) is 0. The Bertz CT molecular complexity index is 907. The molecule has 26 heavy (non-hydrogen) atoms. The second-order valence-corrected chi connectivity index (χ2v) is 6.39. The van der Waals surface area contributed by atoms with Gasteiger partial charge in [-0.1, -0.05) is 78.9 Å².